The van der Waals surface area contributed by atoms with Gasteiger partial charge in [-0.2, -0.15) is 15.8 Å². The number of hydrogen-bond donors (Lipinski definition) is 0. The average molecular weight is 1890 g/mol. The van der Waals surface area contributed by atoms with Crippen LogP contribution in [0, 0.1) is 40.6 Å². The smallest absolute Gasteiger partial charge is 0.270 e. The lowest BCUT2D eigenvalue weighted by Crippen LogP contribution is -1.95. The fourth-order valence-electron chi connectivity index (χ4n) is 21.3. The number of hydrogen-bond acceptors (Lipinski definition) is 10. The minimum absolute atomic E-state index is 0.379. The van der Waals surface area contributed by atoms with Gasteiger partial charge in [-0.3, -0.25) is 15.0 Å². The van der Waals surface area contributed by atoms with E-state index in [-0.39, 0.29) is 0 Å². The van der Waals surface area contributed by atoms with Gasteiger partial charge in [-0.05, 0) is 247 Å². The van der Waals surface area contributed by atoms with E-state index in [9.17, 15) is 15.8 Å². The molecule has 0 bridgehead atoms. The summed E-state index contributed by atoms with van der Waals surface area (Å²) in [6.07, 6.45) is 10.2. The van der Waals surface area contributed by atoms with Crippen LogP contribution in [-0.4, -0.2) is 53.2 Å². The Morgan fingerprint density at radius 1 is 0.209 bits per heavy atom. The Labute approximate surface area is 850 Å². The quantitative estimate of drug-likeness (QED) is 0.107. The number of nitrogens with zero attached hydrogens (tertiary/aromatic N) is 15. The molecule has 28 aromatic rings. The van der Waals surface area contributed by atoms with Crippen LogP contribution in [0.25, 0.3) is 248 Å². The van der Waals surface area contributed by atoms with Crippen molar-refractivity contribution in [1.29, 1.82) is 15.8 Å². The summed E-state index contributed by atoms with van der Waals surface area (Å²) >= 11 is 0. The first-order chi connectivity index (χ1) is 73.3. The molecule has 0 spiro atoms. The molecule has 0 N–H and O–H groups in total. The van der Waals surface area contributed by atoms with E-state index in [1.54, 1.807) is 49.2 Å². The Kier molecular flexibility index (Phi) is 22.8. The first kappa shape index (κ1) is 88.4. The number of aromatic nitrogens is 11. The maximum atomic E-state index is 9.33. The molecule has 11 aromatic heterocycles. The standard InChI is InChI=1S/C34H21N3.3C33H20N4/c1-35-33-21-24(18-19-36-33)23-10-9-11-25(20-23)30-22-32-34(28-15-6-5-14-27(28)30)29-16-7-8-17-31(29)37(32)26-12-3-2-4-13-26;34-19-22-17-23(21-35-20-22)29-14-8-15-30(36-29)28-18-32-33(26-12-5-4-11-25(26)28)27-13-6-7-16-31(27)37(32)24-9-2-1-3-10-24;34-21-23-19-22(17-18-35-23)29-14-8-15-30(36-29)28-20-32-33(26-12-5-4-11-25(26)28)27-13-6-7-16-31(27)37(32)24-9-2-1-3-10-24;34-20-22-16-17-35-30(18-22)29-15-14-23(21-36-29)28-19-32-33(26-11-5-4-10-25(26)28)27-12-6-7-13-31(27)37(32)24-8-2-1-3-9-24/h2-22H;1-18,20-21H;1-20H;1-19,21H. The van der Waals surface area contributed by atoms with Crippen molar-refractivity contribution in [2.24, 2.45) is 0 Å². The summed E-state index contributed by atoms with van der Waals surface area (Å²) in [6, 6.07) is 164. The van der Waals surface area contributed by atoms with Crippen LogP contribution in [0.2, 0.25) is 0 Å². The Balaban J connectivity index is 0.000000103. The molecule has 11 heterocycles. The van der Waals surface area contributed by atoms with Crippen molar-refractivity contribution in [3.63, 3.8) is 0 Å². The SMILES string of the molecule is N#Cc1cc(-c2cccc(-c3cc4c(c5ccccc35)c3ccccc3n4-c3ccccc3)n2)ccn1.N#Cc1ccnc(-c2ccc(-c3cc4c(c5ccccc35)c3ccccc3n4-c3ccccc3)cn2)c1.N#Cc1cncc(-c2cccc(-c3cc4c(c5ccccc35)c3ccccc3n4-c3ccccc3)n2)c1.[C-]#[N+]c1cc(-c2cccc(-c3cc4c(c5ccccc35)c3ccccc3n4-c3ccccc3)c2)ccn1. The molecule has 0 fully saturated rings. The Bertz CT molecular complexity index is 9610. The van der Waals surface area contributed by atoms with E-state index in [0.29, 0.717) is 28.3 Å². The van der Waals surface area contributed by atoms with Crippen molar-refractivity contribution in [3.05, 3.63) is 520 Å². The van der Waals surface area contributed by atoms with Crippen LogP contribution in [0.3, 0.4) is 0 Å². The first-order valence-electron chi connectivity index (χ1n) is 48.7. The van der Waals surface area contributed by atoms with E-state index in [0.717, 1.165) is 129 Å². The summed E-state index contributed by atoms with van der Waals surface area (Å²) in [4.78, 5) is 35.2. The Morgan fingerprint density at radius 2 is 0.574 bits per heavy atom. The predicted molar refractivity (Wildman–Crippen MR) is 602 cm³/mol. The molecule has 15 heteroatoms. The highest BCUT2D eigenvalue weighted by Gasteiger charge is 2.26. The maximum absolute atomic E-state index is 9.33. The van der Waals surface area contributed by atoms with Crippen LogP contribution in [0.5, 0.6) is 0 Å². The second-order valence-electron chi connectivity index (χ2n) is 36.2. The number of nitriles is 3. The third-order valence-electron chi connectivity index (χ3n) is 27.7. The summed E-state index contributed by atoms with van der Waals surface area (Å²) in [5.41, 5.74) is 30.5. The zero-order valence-electron chi connectivity index (χ0n) is 79.5. The van der Waals surface area contributed by atoms with Crippen LogP contribution in [0.4, 0.5) is 5.82 Å². The largest absolute Gasteiger partial charge is 0.361 e. The van der Waals surface area contributed by atoms with Crippen molar-refractivity contribution in [3.8, 4) is 131 Å². The molecule has 0 radical (unpaired) electrons. The molecule has 148 heavy (non-hydrogen) atoms. The molecule has 0 saturated heterocycles. The second-order valence-corrected chi connectivity index (χ2v) is 36.2. The molecule has 0 aliphatic rings. The van der Waals surface area contributed by atoms with Crippen molar-refractivity contribution in [2.75, 3.05) is 0 Å². The van der Waals surface area contributed by atoms with Gasteiger partial charge in [0.15, 0.2) is 0 Å². The van der Waals surface area contributed by atoms with E-state index in [2.05, 4.69) is 419 Å². The summed E-state index contributed by atoms with van der Waals surface area (Å²) < 4.78 is 9.40. The normalized spacial score (nSPS) is 11.2. The molecule has 15 nitrogen and oxygen atoms in total. The van der Waals surface area contributed by atoms with Crippen molar-refractivity contribution in [1.82, 2.24) is 53.2 Å². The van der Waals surface area contributed by atoms with E-state index in [1.165, 1.54) is 109 Å². The zero-order valence-corrected chi connectivity index (χ0v) is 79.5. The number of rotatable bonds is 12. The van der Waals surface area contributed by atoms with E-state index in [1.807, 2.05) is 85.1 Å². The van der Waals surface area contributed by atoms with E-state index in [4.69, 9.17) is 21.5 Å². The molecule has 688 valence electrons. The lowest BCUT2D eigenvalue weighted by atomic mass is 9.93. The minimum atomic E-state index is 0.379. The minimum Gasteiger partial charge on any atom is -0.361 e. The van der Waals surface area contributed by atoms with Crippen LogP contribution in [0.1, 0.15) is 16.8 Å². The second kappa shape index (κ2) is 38.2. The van der Waals surface area contributed by atoms with Crippen molar-refractivity contribution < 1.29 is 0 Å². The molecule has 0 saturated carbocycles. The van der Waals surface area contributed by atoms with Gasteiger partial charge < -0.3 is 23.1 Å². The molecule has 0 aliphatic heterocycles. The third kappa shape index (κ3) is 16.0. The number of para-hydroxylation sites is 8. The highest BCUT2D eigenvalue weighted by Crippen LogP contribution is 2.48. The lowest BCUT2D eigenvalue weighted by molar-refractivity contribution is 1.18. The van der Waals surface area contributed by atoms with Crippen LogP contribution in [0.15, 0.2) is 492 Å². The van der Waals surface area contributed by atoms with E-state index >= 15 is 0 Å². The van der Waals surface area contributed by atoms with Crippen molar-refractivity contribution in [2.45, 2.75) is 0 Å². The summed E-state index contributed by atoms with van der Waals surface area (Å²) in [6.45, 7) is 7.34. The van der Waals surface area contributed by atoms with Gasteiger partial charge in [0, 0.05) is 125 Å². The average Bonchev–Trinajstić information content (AvgIpc) is 1.57. The first-order valence-corrected chi connectivity index (χ1v) is 48.7. The highest BCUT2D eigenvalue weighted by atomic mass is 15.0. The monoisotopic (exact) mass is 1890 g/mol. The fourth-order valence-corrected chi connectivity index (χ4v) is 21.3. The summed E-state index contributed by atoms with van der Waals surface area (Å²) in [5.74, 6) is 0.405. The molecule has 0 unspecified atom stereocenters. The lowest BCUT2D eigenvalue weighted by Gasteiger charge is -2.13. The van der Waals surface area contributed by atoms with Gasteiger partial charge in [0.2, 0.25) is 0 Å². The van der Waals surface area contributed by atoms with Crippen molar-refractivity contribution >= 4 is 136 Å². The highest BCUT2D eigenvalue weighted by molar-refractivity contribution is 6.28. The Morgan fingerprint density at radius 3 is 1.01 bits per heavy atom. The predicted octanol–water partition coefficient (Wildman–Crippen LogP) is 33.0. The van der Waals surface area contributed by atoms with Gasteiger partial charge in [-0.1, -0.05) is 286 Å². The number of benzene rings is 17. The molecule has 17 aromatic carbocycles. The fraction of sp³-hybridized carbons (Fsp3) is 0. The van der Waals surface area contributed by atoms with Gasteiger partial charge in [0.1, 0.15) is 24.0 Å². The van der Waals surface area contributed by atoms with Gasteiger partial charge in [-0.25, -0.2) is 15.0 Å². The topological polar surface area (TPSA) is 186 Å². The number of pyridine rings is 7. The van der Waals surface area contributed by atoms with Gasteiger partial charge >= 0.3 is 0 Å². The summed E-state index contributed by atoms with van der Waals surface area (Å²) in [5, 5.41) is 47.4. The molecule has 28 rings (SSSR count). The number of fused-ring (bicyclic) bond motifs is 20. The van der Waals surface area contributed by atoms with Crippen LogP contribution >= 0.6 is 0 Å². The third-order valence-corrected chi connectivity index (χ3v) is 27.7. The molecular weight excluding hydrogens is 1810 g/mol. The molecule has 0 aliphatic carbocycles. The van der Waals surface area contributed by atoms with Gasteiger partial charge in [0.25, 0.3) is 5.82 Å². The van der Waals surface area contributed by atoms with Gasteiger partial charge in [0.05, 0.1) is 95.5 Å². The maximum Gasteiger partial charge on any atom is 0.270 e. The van der Waals surface area contributed by atoms with Gasteiger partial charge in [-0.15, -0.1) is 4.98 Å². The Hall–Kier alpha value is -21.0. The molecule has 0 atom stereocenters. The zero-order chi connectivity index (χ0) is 99.1. The molecule has 0 amide bonds. The summed E-state index contributed by atoms with van der Waals surface area (Å²) in [7, 11) is 0. The van der Waals surface area contributed by atoms with E-state index < -0.39 is 0 Å². The van der Waals surface area contributed by atoms with Crippen LogP contribution < -0.4 is 0 Å². The van der Waals surface area contributed by atoms with Crippen LogP contribution in [-0.2, 0) is 0 Å². The molecular formula is C133H81N15.